The minimum absolute atomic E-state index is 0.418. The first-order valence-electron chi connectivity index (χ1n) is 7.88. The third kappa shape index (κ3) is 4.08. The highest BCUT2D eigenvalue weighted by molar-refractivity contribution is 9.10. The van der Waals surface area contributed by atoms with Gasteiger partial charge in [-0.25, -0.2) is 0 Å². The standard InChI is InChI=1S/C18H28BrN/c1-13(16-7-5-6-8-17(16)19)20-15-11-9-14(10-12-15)18(2,3)4/h5-8,13-15,20H,9-12H2,1-4H3/t13-,14?,15?/m1/s1. The summed E-state index contributed by atoms with van der Waals surface area (Å²) in [6.45, 7) is 9.43. The Kier molecular flexibility index (Phi) is 5.30. The highest BCUT2D eigenvalue weighted by atomic mass is 79.9. The fourth-order valence-corrected chi connectivity index (χ4v) is 4.02. The number of nitrogens with one attached hydrogen (secondary N) is 1. The summed E-state index contributed by atoms with van der Waals surface area (Å²) in [4.78, 5) is 0. The molecule has 0 saturated heterocycles. The van der Waals surface area contributed by atoms with Gasteiger partial charge >= 0.3 is 0 Å². The summed E-state index contributed by atoms with van der Waals surface area (Å²) in [5, 5.41) is 3.82. The van der Waals surface area contributed by atoms with Gasteiger partial charge in [0.15, 0.2) is 0 Å². The van der Waals surface area contributed by atoms with Crippen molar-refractivity contribution in [2.75, 3.05) is 0 Å². The molecule has 2 rings (SSSR count). The molecule has 1 nitrogen and oxygen atoms in total. The normalized spacial score (nSPS) is 25.4. The molecule has 112 valence electrons. The fourth-order valence-electron chi connectivity index (χ4n) is 3.40. The highest BCUT2D eigenvalue weighted by Gasteiger charge is 2.30. The van der Waals surface area contributed by atoms with Crippen LogP contribution in [-0.2, 0) is 0 Å². The smallest absolute Gasteiger partial charge is 0.0305 e. The Bertz CT molecular complexity index is 427. The minimum Gasteiger partial charge on any atom is -0.307 e. The molecule has 0 aromatic heterocycles. The summed E-state index contributed by atoms with van der Waals surface area (Å²) in [6, 6.07) is 9.63. The average molecular weight is 338 g/mol. The van der Waals surface area contributed by atoms with Gasteiger partial charge in [0, 0.05) is 16.6 Å². The van der Waals surface area contributed by atoms with Gasteiger partial charge in [-0.3, -0.25) is 0 Å². The summed E-state index contributed by atoms with van der Waals surface area (Å²) >= 11 is 3.66. The summed E-state index contributed by atoms with van der Waals surface area (Å²) in [5.41, 5.74) is 1.84. The average Bonchev–Trinajstić information content (AvgIpc) is 2.38. The molecule has 1 aromatic carbocycles. The van der Waals surface area contributed by atoms with E-state index in [0.29, 0.717) is 17.5 Å². The summed E-state index contributed by atoms with van der Waals surface area (Å²) in [6.07, 6.45) is 5.36. The van der Waals surface area contributed by atoms with Crippen LogP contribution >= 0.6 is 15.9 Å². The van der Waals surface area contributed by atoms with Gasteiger partial charge in [-0.05, 0) is 55.6 Å². The summed E-state index contributed by atoms with van der Waals surface area (Å²) in [5.74, 6) is 0.888. The lowest BCUT2D eigenvalue weighted by atomic mass is 9.71. The zero-order chi connectivity index (χ0) is 14.8. The quantitative estimate of drug-likeness (QED) is 0.745. The van der Waals surface area contributed by atoms with Crippen molar-refractivity contribution in [2.24, 2.45) is 11.3 Å². The van der Waals surface area contributed by atoms with Crippen LogP contribution in [0, 0.1) is 11.3 Å². The van der Waals surface area contributed by atoms with Gasteiger partial charge in [0.25, 0.3) is 0 Å². The molecule has 0 bridgehead atoms. The van der Waals surface area contributed by atoms with E-state index in [1.165, 1.54) is 35.7 Å². The van der Waals surface area contributed by atoms with E-state index in [9.17, 15) is 0 Å². The first kappa shape index (κ1) is 16.0. The van der Waals surface area contributed by atoms with Crippen LogP contribution < -0.4 is 5.32 Å². The number of hydrogen-bond donors (Lipinski definition) is 1. The Hall–Kier alpha value is -0.340. The number of hydrogen-bond acceptors (Lipinski definition) is 1. The van der Waals surface area contributed by atoms with Crippen LogP contribution in [0.3, 0.4) is 0 Å². The maximum absolute atomic E-state index is 3.82. The molecule has 1 aliphatic rings. The van der Waals surface area contributed by atoms with Gasteiger partial charge in [0.1, 0.15) is 0 Å². The zero-order valence-electron chi connectivity index (χ0n) is 13.2. The van der Waals surface area contributed by atoms with Crippen LogP contribution in [0.4, 0.5) is 0 Å². The minimum atomic E-state index is 0.418. The molecule has 1 fully saturated rings. The van der Waals surface area contributed by atoms with Crippen molar-refractivity contribution in [1.29, 1.82) is 0 Å². The summed E-state index contributed by atoms with van der Waals surface area (Å²) in [7, 11) is 0. The van der Waals surface area contributed by atoms with Gasteiger partial charge in [-0.2, -0.15) is 0 Å². The lowest BCUT2D eigenvalue weighted by Gasteiger charge is -2.38. The van der Waals surface area contributed by atoms with E-state index in [4.69, 9.17) is 0 Å². The Morgan fingerprint density at radius 2 is 1.70 bits per heavy atom. The van der Waals surface area contributed by atoms with Crippen molar-refractivity contribution in [3.05, 3.63) is 34.3 Å². The molecule has 0 unspecified atom stereocenters. The zero-order valence-corrected chi connectivity index (χ0v) is 14.8. The van der Waals surface area contributed by atoms with Crippen LogP contribution in [0.1, 0.15) is 65.0 Å². The van der Waals surface area contributed by atoms with E-state index < -0.39 is 0 Å². The van der Waals surface area contributed by atoms with E-state index >= 15 is 0 Å². The second kappa shape index (κ2) is 6.62. The van der Waals surface area contributed by atoms with E-state index in [1.807, 2.05) is 0 Å². The van der Waals surface area contributed by atoms with Gasteiger partial charge in [0.2, 0.25) is 0 Å². The van der Waals surface area contributed by atoms with E-state index in [-0.39, 0.29) is 0 Å². The number of benzene rings is 1. The van der Waals surface area contributed by atoms with Crippen LogP contribution in [0.15, 0.2) is 28.7 Å². The van der Waals surface area contributed by atoms with Crippen molar-refractivity contribution in [3.63, 3.8) is 0 Å². The molecule has 1 N–H and O–H groups in total. The van der Waals surface area contributed by atoms with Gasteiger partial charge in [0.05, 0.1) is 0 Å². The van der Waals surface area contributed by atoms with Gasteiger partial charge in [-0.1, -0.05) is 54.9 Å². The monoisotopic (exact) mass is 337 g/mol. The largest absolute Gasteiger partial charge is 0.307 e. The second-order valence-corrected chi connectivity index (χ2v) is 8.18. The molecule has 1 aromatic rings. The highest BCUT2D eigenvalue weighted by Crippen LogP contribution is 2.38. The van der Waals surface area contributed by atoms with Crippen molar-refractivity contribution in [1.82, 2.24) is 5.32 Å². The third-order valence-corrected chi connectivity index (χ3v) is 5.53. The molecule has 0 heterocycles. The van der Waals surface area contributed by atoms with Crippen LogP contribution in [-0.4, -0.2) is 6.04 Å². The maximum atomic E-state index is 3.82. The molecule has 0 spiro atoms. The molecular weight excluding hydrogens is 310 g/mol. The molecule has 1 saturated carbocycles. The predicted octanol–water partition coefficient (Wildman–Crippen LogP) is 5.70. The molecule has 0 radical (unpaired) electrons. The second-order valence-electron chi connectivity index (χ2n) is 7.32. The first-order valence-corrected chi connectivity index (χ1v) is 8.67. The Morgan fingerprint density at radius 1 is 1.10 bits per heavy atom. The lowest BCUT2D eigenvalue weighted by Crippen LogP contribution is -2.37. The van der Waals surface area contributed by atoms with Crippen molar-refractivity contribution in [3.8, 4) is 0 Å². The van der Waals surface area contributed by atoms with Crippen LogP contribution in [0.25, 0.3) is 0 Å². The molecule has 2 heteroatoms. The SMILES string of the molecule is C[C@@H](NC1CCC(C(C)(C)C)CC1)c1ccccc1Br. The topological polar surface area (TPSA) is 12.0 Å². The van der Waals surface area contributed by atoms with Crippen molar-refractivity contribution in [2.45, 2.75) is 65.5 Å². The lowest BCUT2D eigenvalue weighted by molar-refractivity contribution is 0.157. The van der Waals surface area contributed by atoms with Crippen LogP contribution in [0.5, 0.6) is 0 Å². The molecule has 1 atom stereocenters. The molecule has 1 aliphatic carbocycles. The Morgan fingerprint density at radius 3 is 2.25 bits per heavy atom. The van der Waals surface area contributed by atoms with Gasteiger partial charge < -0.3 is 5.32 Å². The molecule has 0 aliphatic heterocycles. The fraction of sp³-hybridized carbons (Fsp3) is 0.667. The number of rotatable bonds is 3. The molecule has 0 amide bonds. The number of halogens is 1. The van der Waals surface area contributed by atoms with Crippen molar-refractivity contribution < 1.29 is 0 Å². The van der Waals surface area contributed by atoms with Gasteiger partial charge in [-0.15, -0.1) is 0 Å². The molecule has 20 heavy (non-hydrogen) atoms. The van der Waals surface area contributed by atoms with Crippen molar-refractivity contribution >= 4 is 15.9 Å². The maximum Gasteiger partial charge on any atom is 0.0305 e. The predicted molar refractivity (Wildman–Crippen MR) is 90.9 cm³/mol. The van der Waals surface area contributed by atoms with E-state index in [2.05, 4.69) is 73.2 Å². The first-order chi connectivity index (χ1) is 9.38. The Balaban J connectivity index is 1.88. The van der Waals surface area contributed by atoms with E-state index in [0.717, 1.165) is 5.92 Å². The third-order valence-electron chi connectivity index (χ3n) is 4.81. The summed E-state index contributed by atoms with van der Waals surface area (Å²) < 4.78 is 1.21. The molecular formula is C18H28BrN. The Labute approximate surface area is 132 Å². The van der Waals surface area contributed by atoms with Crippen LogP contribution in [0.2, 0.25) is 0 Å². The van der Waals surface area contributed by atoms with E-state index in [1.54, 1.807) is 0 Å².